The molecule has 0 radical (unpaired) electrons. The maximum atomic E-state index is 9.02. The molecule has 4 heteroatoms. The topological polar surface area (TPSA) is 41.8 Å². The van der Waals surface area contributed by atoms with Gasteiger partial charge in [0.05, 0.1) is 12.3 Å². The van der Waals surface area contributed by atoms with Crippen LogP contribution < -0.4 is 4.74 Å². The molecule has 0 saturated carbocycles. The van der Waals surface area contributed by atoms with E-state index in [9.17, 15) is 0 Å². The van der Waals surface area contributed by atoms with Crippen LogP contribution in [0.3, 0.4) is 0 Å². The lowest BCUT2D eigenvalue weighted by atomic mass is 9.89. The molecule has 1 aliphatic rings. The van der Waals surface area contributed by atoms with Crippen LogP contribution in [0.5, 0.6) is 5.75 Å². The molecule has 0 bridgehead atoms. The molecule has 1 aromatic rings. The summed E-state index contributed by atoms with van der Waals surface area (Å²) in [5.74, 6) is 2.08. The lowest BCUT2D eigenvalue weighted by Crippen LogP contribution is -2.13. The molecule has 0 fully saturated rings. The summed E-state index contributed by atoms with van der Waals surface area (Å²) in [6.07, 6.45) is 6.05. The molecular formula is C14H19NO2S. The molecule has 0 saturated heterocycles. The summed E-state index contributed by atoms with van der Waals surface area (Å²) in [5.41, 5.74) is 3.03. The third kappa shape index (κ3) is 2.99. The van der Waals surface area contributed by atoms with Gasteiger partial charge in [0.25, 0.3) is 0 Å². The Morgan fingerprint density at radius 2 is 2.28 bits per heavy atom. The fraction of sp³-hybridized carbons (Fsp3) is 0.500. The zero-order valence-electron chi connectivity index (χ0n) is 10.7. The van der Waals surface area contributed by atoms with Crippen molar-refractivity contribution in [3.63, 3.8) is 0 Å². The van der Waals surface area contributed by atoms with Crippen LogP contribution in [-0.4, -0.2) is 29.5 Å². The summed E-state index contributed by atoms with van der Waals surface area (Å²) >= 11 is 1.84. The van der Waals surface area contributed by atoms with Crippen LogP contribution in [0.15, 0.2) is 23.4 Å². The van der Waals surface area contributed by atoms with Crippen LogP contribution in [0.4, 0.5) is 0 Å². The predicted molar refractivity (Wildman–Crippen MR) is 76.2 cm³/mol. The summed E-state index contributed by atoms with van der Waals surface area (Å²) < 4.78 is 5.85. The highest BCUT2D eigenvalue weighted by Gasteiger charge is 2.19. The Labute approximate surface area is 112 Å². The van der Waals surface area contributed by atoms with E-state index in [0.29, 0.717) is 0 Å². The molecule has 1 aliphatic carbocycles. The minimum Gasteiger partial charge on any atom is -0.493 e. The minimum atomic E-state index is 0.753. The van der Waals surface area contributed by atoms with Crippen molar-refractivity contribution in [3.8, 4) is 5.75 Å². The summed E-state index contributed by atoms with van der Waals surface area (Å²) in [7, 11) is 0. The quantitative estimate of drug-likeness (QED) is 0.504. The van der Waals surface area contributed by atoms with E-state index >= 15 is 0 Å². The van der Waals surface area contributed by atoms with E-state index in [1.165, 1.54) is 5.56 Å². The Morgan fingerprint density at radius 1 is 1.39 bits per heavy atom. The van der Waals surface area contributed by atoms with Gasteiger partial charge in [-0.2, -0.15) is 11.8 Å². The maximum absolute atomic E-state index is 9.02. The molecule has 18 heavy (non-hydrogen) atoms. The van der Waals surface area contributed by atoms with Gasteiger partial charge in [0, 0.05) is 11.1 Å². The average molecular weight is 265 g/mol. The molecule has 98 valence electrons. The van der Waals surface area contributed by atoms with Crippen molar-refractivity contribution in [1.29, 1.82) is 0 Å². The highest BCUT2D eigenvalue weighted by Crippen LogP contribution is 2.30. The van der Waals surface area contributed by atoms with Crippen molar-refractivity contribution in [3.05, 3.63) is 29.3 Å². The third-order valence-electron chi connectivity index (χ3n) is 3.16. The molecule has 1 aromatic carbocycles. The first-order valence-electron chi connectivity index (χ1n) is 6.31. The molecule has 0 atom stereocenters. The van der Waals surface area contributed by atoms with Gasteiger partial charge in [-0.25, -0.2) is 0 Å². The zero-order valence-corrected chi connectivity index (χ0v) is 11.5. The molecule has 3 nitrogen and oxygen atoms in total. The van der Waals surface area contributed by atoms with Crippen molar-refractivity contribution < 1.29 is 9.94 Å². The van der Waals surface area contributed by atoms with Gasteiger partial charge >= 0.3 is 0 Å². The van der Waals surface area contributed by atoms with Gasteiger partial charge < -0.3 is 9.94 Å². The number of rotatable bonds is 5. The fourth-order valence-corrected chi connectivity index (χ4v) is 2.69. The Balaban J connectivity index is 2.12. The van der Waals surface area contributed by atoms with Crippen LogP contribution in [0.25, 0.3) is 0 Å². The Hall–Kier alpha value is -1.16. The first-order valence-corrected chi connectivity index (χ1v) is 7.71. The fourth-order valence-electron chi connectivity index (χ4n) is 2.29. The number of benzene rings is 1. The zero-order chi connectivity index (χ0) is 12.8. The monoisotopic (exact) mass is 265 g/mol. The molecule has 0 unspecified atom stereocenters. The van der Waals surface area contributed by atoms with E-state index in [-0.39, 0.29) is 0 Å². The van der Waals surface area contributed by atoms with Gasteiger partial charge in [0.15, 0.2) is 0 Å². The number of hydrogen-bond donors (Lipinski definition) is 1. The summed E-state index contributed by atoms with van der Waals surface area (Å²) in [6, 6.07) is 6.00. The first-order chi connectivity index (χ1) is 8.86. The van der Waals surface area contributed by atoms with E-state index in [0.717, 1.165) is 55.1 Å². The van der Waals surface area contributed by atoms with E-state index in [1.807, 2.05) is 30.0 Å². The van der Waals surface area contributed by atoms with Crippen LogP contribution in [-0.2, 0) is 6.42 Å². The molecule has 0 spiro atoms. The molecule has 0 amide bonds. The molecule has 1 N–H and O–H groups in total. The van der Waals surface area contributed by atoms with Crippen LogP contribution in [0.1, 0.15) is 30.4 Å². The van der Waals surface area contributed by atoms with Crippen LogP contribution in [0, 0.1) is 0 Å². The lowest BCUT2D eigenvalue weighted by molar-refractivity contribution is 0.312. The predicted octanol–water partition coefficient (Wildman–Crippen LogP) is 3.33. The van der Waals surface area contributed by atoms with E-state index < -0.39 is 0 Å². The number of oxime groups is 1. The molecule has 2 rings (SSSR count). The Kier molecular flexibility index (Phi) is 4.93. The Bertz CT molecular complexity index is 432. The molecule has 0 aromatic heterocycles. The normalized spacial score (nSPS) is 16.6. The summed E-state index contributed by atoms with van der Waals surface area (Å²) in [5, 5.41) is 12.4. The van der Waals surface area contributed by atoms with Crippen LogP contribution in [0.2, 0.25) is 0 Å². The van der Waals surface area contributed by atoms with Crippen molar-refractivity contribution in [1.82, 2.24) is 0 Å². The van der Waals surface area contributed by atoms with Crippen molar-refractivity contribution in [2.75, 3.05) is 18.6 Å². The summed E-state index contributed by atoms with van der Waals surface area (Å²) in [6.45, 7) is 0.753. The molecule has 0 heterocycles. The SMILES string of the molecule is CSCCCOc1cccc2c1CCC/C2=N\O. The van der Waals surface area contributed by atoms with Crippen molar-refractivity contribution in [2.45, 2.75) is 25.7 Å². The maximum Gasteiger partial charge on any atom is 0.123 e. The van der Waals surface area contributed by atoms with Gasteiger partial charge in [0.2, 0.25) is 0 Å². The first kappa shape index (κ1) is 13.3. The van der Waals surface area contributed by atoms with Gasteiger partial charge in [-0.15, -0.1) is 0 Å². The van der Waals surface area contributed by atoms with E-state index in [4.69, 9.17) is 9.94 Å². The van der Waals surface area contributed by atoms with Crippen molar-refractivity contribution in [2.24, 2.45) is 5.16 Å². The van der Waals surface area contributed by atoms with E-state index in [2.05, 4.69) is 11.4 Å². The minimum absolute atomic E-state index is 0.753. The Morgan fingerprint density at radius 3 is 3.06 bits per heavy atom. The number of ether oxygens (including phenoxy) is 1. The second-order valence-corrected chi connectivity index (χ2v) is 5.36. The smallest absolute Gasteiger partial charge is 0.123 e. The number of hydrogen-bond acceptors (Lipinski definition) is 4. The number of fused-ring (bicyclic) bond motifs is 1. The highest BCUT2D eigenvalue weighted by atomic mass is 32.2. The van der Waals surface area contributed by atoms with Gasteiger partial charge in [0.1, 0.15) is 5.75 Å². The van der Waals surface area contributed by atoms with Gasteiger partial charge in [-0.3, -0.25) is 0 Å². The summed E-state index contributed by atoms with van der Waals surface area (Å²) in [4.78, 5) is 0. The lowest BCUT2D eigenvalue weighted by Gasteiger charge is -2.20. The average Bonchev–Trinajstić information content (AvgIpc) is 2.43. The second kappa shape index (κ2) is 6.69. The standard InChI is InChI=1S/C14H19NO2S/c1-18-10-4-9-17-14-8-3-5-11-12(14)6-2-7-13(11)15-16/h3,5,8,16H,2,4,6-7,9-10H2,1H3/b15-13+. The highest BCUT2D eigenvalue weighted by molar-refractivity contribution is 7.98. The number of thioether (sulfide) groups is 1. The van der Waals surface area contributed by atoms with Gasteiger partial charge in [-0.1, -0.05) is 17.3 Å². The van der Waals surface area contributed by atoms with E-state index in [1.54, 1.807) is 0 Å². The molecule has 0 aliphatic heterocycles. The molecular weight excluding hydrogens is 246 g/mol. The number of nitrogens with zero attached hydrogens (tertiary/aromatic N) is 1. The second-order valence-electron chi connectivity index (χ2n) is 4.38. The van der Waals surface area contributed by atoms with Gasteiger partial charge in [-0.05, 0) is 43.8 Å². The largest absolute Gasteiger partial charge is 0.493 e. The third-order valence-corrected chi connectivity index (χ3v) is 3.85. The van der Waals surface area contributed by atoms with Crippen molar-refractivity contribution >= 4 is 17.5 Å². The van der Waals surface area contributed by atoms with Crippen LogP contribution >= 0.6 is 11.8 Å².